The monoisotopic (exact) mass is 599 g/mol. The van der Waals surface area contributed by atoms with Crippen LogP contribution < -0.4 is 10.1 Å². The van der Waals surface area contributed by atoms with E-state index in [1.54, 1.807) is 19.4 Å². The van der Waals surface area contributed by atoms with E-state index < -0.39 is 5.97 Å². The van der Waals surface area contributed by atoms with E-state index in [0.717, 1.165) is 102 Å². The fourth-order valence-electron chi connectivity index (χ4n) is 6.22. The number of methoxy groups -OCH3 is 1. The molecule has 4 aromatic rings. The second kappa shape index (κ2) is 14.3. The summed E-state index contributed by atoms with van der Waals surface area (Å²) in [5.41, 5.74) is 7.71. The number of hydrogen-bond acceptors (Lipinski definition) is 6. The first kappa shape index (κ1) is 30.9. The molecule has 0 atom stereocenters. The second-order valence-electron chi connectivity index (χ2n) is 11.0. The molecule has 6 rings (SSSR count). The number of thiol groups is 1. The molecule has 226 valence electrons. The van der Waals surface area contributed by atoms with Crippen molar-refractivity contribution in [3.63, 3.8) is 0 Å². The number of aromatic carboxylic acids is 1. The van der Waals surface area contributed by atoms with Crippen molar-refractivity contribution in [2.24, 2.45) is 0 Å². The van der Waals surface area contributed by atoms with Crippen LogP contribution >= 0.6 is 12.6 Å². The lowest BCUT2D eigenvalue weighted by Crippen LogP contribution is -2.30. The van der Waals surface area contributed by atoms with Crippen molar-refractivity contribution in [1.82, 2.24) is 14.9 Å². The Labute approximate surface area is 259 Å². The van der Waals surface area contributed by atoms with Gasteiger partial charge in [0.1, 0.15) is 5.75 Å². The molecule has 0 amide bonds. The van der Waals surface area contributed by atoms with Gasteiger partial charge in [0.15, 0.2) is 0 Å². The van der Waals surface area contributed by atoms with Gasteiger partial charge in [-0.3, -0.25) is 4.98 Å². The number of nitrogens with zero attached hydrogens (tertiary/aromatic N) is 2. The van der Waals surface area contributed by atoms with Crippen molar-refractivity contribution < 1.29 is 19.4 Å². The van der Waals surface area contributed by atoms with Crippen LogP contribution in [0, 0.1) is 0 Å². The Hall–Kier alpha value is -3.59. The number of allylic oxidation sites excluding steroid dienone is 1. The van der Waals surface area contributed by atoms with Gasteiger partial charge in [-0.25, -0.2) is 4.79 Å². The number of pyridine rings is 1. The third-order valence-electron chi connectivity index (χ3n) is 8.14. The first-order valence-corrected chi connectivity index (χ1v) is 15.6. The Morgan fingerprint density at radius 3 is 2.49 bits per heavy atom. The third-order valence-corrected chi connectivity index (χ3v) is 8.50. The molecule has 2 aliphatic heterocycles. The Morgan fingerprint density at radius 2 is 1.88 bits per heavy atom. The maximum atomic E-state index is 12.0. The van der Waals surface area contributed by atoms with E-state index in [-0.39, 0.29) is 0 Å². The predicted octanol–water partition coefficient (Wildman–Crippen LogP) is 7.54. The Kier molecular flexibility index (Phi) is 10.2. The number of aromatic nitrogens is 2. The summed E-state index contributed by atoms with van der Waals surface area (Å²) in [6.45, 7) is 8.85. The van der Waals surface area contributed by atoms with Crippen molar-refractivity contribution in [3.8, 4) is 17.0 Å². The van der Waals surface area contributed by atoms with Gasteiger partial charge in [0.05, 0.1) is 43.8 Å². The number of morpholine rings is 1. The number of fused-ring (bicyclic) bond motifs is 5. The Morgan fingerprint density at radius 1 is 1.12 bits per heavy atom. The van der Waals surface area contributed by atoms with E-state index in [1.807, 2.05) is 30.3 Å². The highest BCUT2D eigenvalue weighted by Crippen LogP contribution is 2.46. The first-order valence-electron chi connectivity index (χ1n) is 15.2. The van der Waals surface area contributed by atoms with Crippen LogP contribution in [0.5, 0.6) is 5.75 Å². The zero-order valence-corrected chi connectivity index (χ0v) is 26.1. The van der Waals surface area contributed by atoms with Crippen LogP contribution in [0.2, 0.25) is 0 Å². The lowest BCUT2D eigenvalue weighted by atomic mass is 9.86. The maximum Gasteiger partial charge on any atom is 0.335 e. The SMILES string of the molecule is C1COCCN1.CCCC(CCC)c1c2n(c3cc(C(=O)O)ccc13)CC(c1ncccc1S)=Cc1cc(OC)ccc1-2. The smallest absolute Gasteiger partial charge is 0.335 e. The number of carbonyl (C=O) groups is 1. The summed E-state index contributed by atoms with van der Waals surface area (Å²) in [6.07, 6.45) is 8.29. The molecule has 0 radical (unpaired) electrons. The van der Waals surface area contributed by atoms with E-state index in [0.29, 0.717) is 18.0 Å². The van der Waals surface area contributed by atoms with Crippen molar-refractivity contribution in [3.05, 3.63) is 77.1 Å². The minimum atomic E-state index is -0.922. The number of nitrogens with one attached hydrogen (secondary N) is 1. The molecule has 4 heterocycles. The summed E-state index contributed by atoms with van der Waals surface area (Å²) in [5, 5.41) is 14.1. The molecule has 8 heteroatoms. The van der Waals surface area contributed by atoms with Gasteiger partial charge in [-0.2, -0.15) is 0 Å². The van der Waals surface area contributed by atoms with Gasteiger partial charge < -0.3 is 24.5 Å². The second-order valence-corrected chi connectivity index (χ2v) is 11.5. The predicted molar refractivity (Wildman–Crippen MR) is 176 cm³/mol. The summed E-state index contributed by atoms with van der Waals surface area (Å²) in [6, 6.07) is 15.6. The minimum absolute atomic E-state index is 0.291. The highest BCUT2D eigenvalue weighted by atomic mass is 32.1. The normalized spacial score (nSPS) is 14.3. The topological polar surface area (TPSA) is 85.6 Å². The van der Waals surface area contributed by atoms with E-state index in [2.05, 4.69) is 46.9 Å². The molecule has 0 saturated carbocycles. The number of benzene rings is 2. The van der Waals surface area contributed by atoms with E-state index in [4.69, 9.17) is 22.1 Å². The molecule has 1 fully saturated rings. The fourth-order valence-corrected chi connectivity index (χ4v) is 6.50. The van der Waals surface area contributed by atoms with Crippen molar-refractivity contribution >= 4 is 41.2 Å². The fraction of sp³-hybridized carbons (Fsp3) is 0.371. The van der Waals surface area contributed by atoms with E-state index in [9.17, 15) is 9.90 Å². The summed E-state index contributed by atoms with van der Waals surface area (Å²) < 4.78 is 12.9. The molecule has 0 spiro atoms. The quantitative estimate of drug-likeness (QED) is 0.182. The molecule has 43 heavy (non-hydrogen) atoms. The zero-order chi connectivity index (χ0) is 30.3. The van der Waals surface area contributed by atoms with Gasteiger partial charge in [0.25, 0.3) is 0 Å². The lowest BCUT2D eigenvalue weighted by Gasteiger charge is -2.19. The molecule has 2 N–H and O–H groups in total. The highest BCUT2D eigenvalue weighted by molar-refractivity contribution is 7.80. The third kappa shape index (κ3) is 6.66. The first-order chi connectivity index (χ1) is 21.0. The van der Waals surface area contributed by atoms with Gasteiger partial charge in [-0.15, -0.1) is 12.6 Å². The van der Waals surface area contributed by atoms with Gasteiger partial charge in [-0.1, -0.05) is 32.8 Å². The number of ether oxygens (including phenoxy) is 2. The van der Waals surface area contributed by atoms with Crippen molar-refractivity contribution in [2.45, 2.75) is 56.9 Å². The molecule has 2 aliphatic rings. The highest BCUT2D eigenvalue weighted by Gasteiger charge is 2.29. The molecule has 0 unspecified atom stereocenters. The van der Waals surface area contributed by atoms with E-state index >= 15 is 0 Å². The van der Waals surface area contributed by atoms with Crippen LogP contribution in [0.15, 0.2) is 59.6 Å². The van der Waals surface area contributed by atoms with Crippen molar-refractivity contribution in [1.29, 1.82) is 0 Å². The summed E-state index contributed by atoms with van der Waals surface area (Å²) in [7, 11) is 1.68. The van der Waals surface area contributed by atoms with Gasteiger partial charge in [0.2, 0.25) is 0 Å². The molecule has 1 saturated heterocycles. The maximum absolute atomic E-state index is 12.0. The van der Waals surface area contributed by atoms with Crippen LogP contribution in [0.25, 0.3) is 33.8 Å². The standard InChI is InChI=1S/C31H32N2O3S.C4H9NO/c1-4-7-19(8-5-2)28-25-12-10-20(31(34)35)17-26(25)33-18-22(29-27(37)9-6-14-32-29)15-21-16-23(36-3)11-13-24(21)30(28)33;1-3-6-4-2-5-1/h6,9-17,19,37H,4-5,7-8,18H2,1-3H3,(H,34,35);5H,1-4H2. The summed E-state index contributed by atoms with van der Waals surface area (Å²) in [4.78, 5) is 17.5. The number of carboxylic acids is 1. The van der Waals surface area contributed by atoms with Gasteiger partial charge in [-0.05, 0) is 84.0 Å². The van der Waals surface area contributed by atoms with Crippen molar-refractivity contribution in [2.75, 3.05) is 33.4 Å². The number of rotatable bonds is 8. The molecular weight excluding hydrogens is 558 g/mol. The average Bonchev–Trinajstić information content (AvgIpc) is 3.24. The van der Waals surface area contributed by atoms with Crippen LogP contribution in [0.4, 0.5) is 0 Å². The van der Waals surface area contributed by atoms with Crippen LogP contribution in [0.3, 0.4) is 0 Å². The summed E-state index contributed by atoms with van der Waals surface area (Å²) >= 11 is 4.72. The Bertz CT molecular complexity index is 1610. The van der Waals surface area contributed by atoms with Gasteiger partial charge in [0, 0.05) is 40.6 Å². The largest absolute Gasteiger partial charge is 0.497 e. The molecule has 2 aromatic heterocycles. The average molecular weight is 600 g/mol. The van der Waals surface area contributed by atoms with E-state index in [1.165, 1.54) is 5.56 Å². The molecule has 0 bridgehead atoms. The molecule has 0 aliphatic carbocycles. The minimum Gasteiger partial charge on any atom is -0.497 e. The Balaban J connectivity index is 0.000000548. The number of carboxylic acid groups (broad SMARTS) is 1. The lowest BCUT2D eigenvalue weighted by molar-refractivity contribution is 0.0697. The van der Waals surface area contributed by atoms with Crippen LogP contribution in [-0.4, -0.2) is 54.0 Å². The summed E-state index contributed by atoms with van der Waals surface area (Å²) in [5.74, 6) is 0.241. The molecular formula is C35H41N3O4S. The number of hydrogen-bond donors (Lipinski definition) is 3. The van der Waals surface area contributed by atoms with Gasteiger partial charge >= 0.3 is 5.97 Å². The van der Waals surface area contributed by atoms with Crippen LogP contribution in [-0.2, 0) is 11.3 Å². The zero-order valence-electron chi connectivity index (χ0n) is 25.2. The molecule has 7 nitrogen and oxygen atoms in total. The van der Waals surface area contributed by atoms with Crippen LogP contribution in [0.1, 0.15) is 72.6 Å². The molecule has 2 aromatic carbocycles.